The van der Waals surface area contributed by atoms with Gasteiger partial charge in [-0.2, -0.15) is 0 Å². The molecule has 0 unspecified atom stereocenters. The normalized spacial score (nSPS) is 11.4. The summed E-state index contributed by atoms with van der Waals surface area (Å²) in [4.78, 5) is -0.227. The molecule has 0 aliphatic carbocycles. The molecule has 0 amide bonds. The molecule has 0 fully saturated rings. The summed E-state index contributed by atoms with van der Waals surface area (Å²) in [5.74, 6) is -1.83. The number of hydrogen-bond acceptors (Lipinski definition) is 3. The molecule has 4 nitrogen and oxygen atoms in total. The Bertz CT molecular complexity index is 790. The van der Waals surface area contributed by atoms with Crippen LogP contribution in [0.25, 0.3) is 0 Å². The number of halogens is 4. The third kappa shape index (κ3) is 3.53. The second-order valence-corrected chi connectivity index (χ2v) is 7.42. The van der Waals surface area contributed by atoms with Crippen molar-refractivity contribution in [3.05, 3.63) is 50.9 Å². The molecule has 0 saturated carbocycles. The Balaban J connectivity index is 2.48. The summed E-state index contributed by atoms with van der Waals surface area (Å²) in [6.45, 7) is 0. The van der Waals surface area contributed by atoms with Gasteiger partial charge in [0.25, 0.3) is 10.0 Å². The fourth-order valence-electron chi connectivity index (χ4n) is 1.63. The highest BCUT2D eigenvalue weighted by Gasteiger charge is 2.23. The number of benzene rings is 2. The Kier molecular flexibility index (Phi) is 4.54. The van der Waals surface area contributed by atoms with Gasteiger partial charge in [0.2, 0.25) is 0 Å². The van der Waals surface area contributed by atoms with Gasteiger partial charge in [0.15, 0.2) is 0 Å². The number of sulfonamides is 1. The molecule has 0 saturated heterocycles. The van der Waals surface area contributed by atoms with Crippen molar-refractivity contribution in [1.82, 2.24) is 0 Å². The monoisotopic (exact) mass is 440 g/mol. The molecule has 21 heavy (non-hydrogen) atoms. The maximum Gasteiger partial charge on any atom is 0.265 e. The lowest BCUT2D eigenvalue weighted by atomic mass is 10.3. The van der Waals surface area contributed by atoms with Crippen LogP contribution in [-0.4, -0.2) is 8.42 Å². The predicted molar refractivity (Wildman–Crippen MR) is 83.4 cm³/mol. The summed E-state index contributed by atoms with van der Waals surface area (Å²) < 4.78 is 53.8. The zero-order valence-corrected chi connectivity index (χ0v) is 14.2. The van der Waals surface area contributed by atoms with Crippen LogP contribution in [0.3, 0.4) is 0 Å². The van der Waals surface area contributed by atoms with Crippen LogP contribution in [0.5, 0.6) is 0 Å². The Morgan fingerprint density at radius 2 is 1.76 bits per heavy atom. The fraction of sp³-hybridized carbons (Fsp3) is 0. The van der Waals surface area contributed by atoms with Crippen molar-refractivity contribution in [3.8, 4) is 0 Å². The van der Waals surface area contributed by atoms with Gasteiger partial charge < -0.3 is 5.73 Å². The summed E-state index contributed by atoms with van der Waals surface area (Å²) in [7, 11) is -4.13. The van der Waals surface area contributed by atoms with Crippen LogP contribution < -0.4 is 10.5 Å². The van der Waals surface area contributed by atoms with E-state index in [1.54, 1.807) is 0 Å². The van der Waals surface area contributed by atoms with Gasteiger partial charge in [-0.05, 0) is 40.2 Å². The van der Waals surface area contributed by atoms with E-state index >= 15 is 0 Å². The van der Waals surface area contributed by atoms with E-state index in [-0.39, 0.29) is 20.7 Å². The van der Waals surface area contributed by atoms with E-state index < -0.39 is 21.7 Å². The Labute approximate surface area is 136 Å². The molecule has 0 heterocycles. The van der Waals surface area contributed by atoms with Crippen molar-refractivity contribution in [2.75, 3.05) is 10.5 Å². The highest BCUT2D eigenvalue weighted by molar-refractivity contribution is 9.11. The third-order valence-electron chi connectivity index (χ3n) is 2.48. The standard InChI is InChI=1S/C12H8Br2F2N2O2S/c13-6-3-8(14)12(10(17)4-6)21(19,20)18-11-2-1-7(15)5-9(11)16/h1-5,18H,17H2. The maximum absolute atomic E-state index is 13.5. The van der Waals surface area contributed by atoms with E-state index in [4.69, 9.17) is 5.73 Å². The lowest BCUT2D eigenvalue weighted by Crippen LogP contribution is -2.16. The average molecular weight is 442 g/mol. The summed E-state index contributed by atoms with van der Waals surface area (Å²) in [5, 5.41) is 0. The molecule has 2 aromatic carbocycles. The molecule has 0 aliphatic rings. The Morgan fingerprint density at radius 3 is 2.33 bits per heavy atom. The molecular formula is C12H8Br2F2N2O2S. The molecule has 2 rings (SSSR count). The second kappa shape index (κ2) is 5.90. The van der Waals surface area contributed by atoms with Crippen molar-refractivity contribution < 1.29 is 17.2 Å². The average Bonchev–Trinajstić information content (AvgIpc) is 2.30. The first kappa shape index (κ1) is 16.2. The maximum atomic E-state index is 13.5. The molecule has 0 bridgehead atoms. The van der Waals surface area contributed by atoms with E-state index in [2.05, 4.69) is 31.9 Å². The minimum absolute atomic E-state index is 0.0220. The molecule has 112 valence electrons. The molecule has 0 spiro atoms. The summed E-state index contributed by atoms with van der Waals surface area (Å²) in [6, 6.07) is 5.41. The topological polar surface area (TPSA) is 72.2 Å². The van der Waals surface area contributed by atoms with E-state index in [9.17, 15) is 17.2 Å². The largest absolute Gasteiger partial charge is 0.398 e. The Hall–Kier alpha value is -1.19. The molecule has 3 N–H and O–H groups in total. The van der Waals surface area contributed by atoms with Crippen molar-refractivity contribution >= 4 is 53.3 Å². The summed E-state index contributed by atoms with van der Waals surface area (Å²) in [6.07, 6.45) is 0. The fourth-order valence-corrected chi connectivity index (χ4v) is 4.77. The lowest BCUT2D eigenvalue weighted by molar-refractivity contribution is 0.582. The summed E-state index contributed by atoms with van der Waals surface area (Å²) in [5.41, 5.74) is 5.30. The van der Waals surface area contributed by atoms with E-state index in [0.29, 0.717) is 10.5 Å². The number of hydrogen-bond donors (Lipinski definition) is 2. The smallest absolute Gasteiger partial charge is 0.265 e. The van der Waals surface area contributed by atoms with Gasteiger partial charge in [-0.25, -0.2) is 17.2 Å². The number of nitrogens with one attached hydrogen (secondary N) is 1. The Morgan fingerprint density at radius 1 is 1.10 bits per heavy atom. The zero-order valence-electron chi connectivity index (χ0n) is 10.2. The lowest BCUT2D eigenvalue weighted by Gasteiger charge is -2.13. The first-order valence-corrected chi connectivity index (χ1v) is 8.50. The van der Waals surface area contributed by atoms with Gasteiger partial charge in [-0.15, -0.1) is 0 Å². The van der Waals surface area contributed by atoms with Gasteiger partial charge in [-0.1, -0.05) is 15.9 Å². The van der Waals surface area contributed by atoms with Crippen LogP contribution in [0.2, 0.25) is 0 Å². The molecule has 9 heteroatoms. The van der Waals surface area contributed by atoms with Gasteiger partial charge in [0.05, 0.1) is 11.4 Å². The molecule has 0 atom stereocenters. The van der Waals surface area contributed by atoms with E-state index in [0.717, 1.165) is 12.1 Å². The number of nitrogen functional groups attached to an aromatic ring is 1. The van der Waals surface area contributed by atoms with E-state index in [1.807, 2.05) is 4.72 Å². The first-order valence-electron chi connectivity index (χ1n) is 5.43. The molecule has 2 aromatic rings. The minimum Gasteiger partial charge on any atom is -0.398 e. The number of nitrogens with two attached hydrogens (primary N) is 1. The summed E-state index contributed by atoms with van der Waals surface area (Å²) >= 11 is 6.27. The van der Waals surface area contributed by atoms with Crippen LogP contribution in [-0.2, 0) is 10.0 Å². The van der Waals surface area contributed by atoms with Crippen molar-refractivity contribution in [1.29, 1.82) is 0 Å². The van der Waals surface area contributed by atoms with Gasteiger partial charge >= 0.3 is 0 Å². The van der Waals surface area contributed by atoms with Gasteiger partial charge in [-0.3, -0.25) is 4.72 Å². The molecular weight excluding hydrogens is 434 g/mol. The van der Waals surface area contributed by atoms with E-state index in [1.165, 1.54) is 12.1 Å². The van der Waals surface area contributed by atoms with Crippen molar-refractivity contribution in [2.24, 2.45) is 0 Å². The van der Waals surface area contributed by atoms with Gasteiger partial charge in [0.1, 0.15) is 16.5 Å². The first-order chi connectivity index (χ1) is 9.70. The molecule has 0 aromatic heterocycles. The quantitative estimate of drug-likeness (QED) is 0.710. The van der Waals surface area contributed by atoms with Crippen molar-refractivity contribution in [3.63, 3.8) is 0 Å². The van der Waals surface area contributed by atoms with Crippen LogP contribution in [0.4, 0.5) is 20.2 Å². The molecule has 0 radical (unpaired) electrons. The SMILES string of the molecule is Nc1cc(Br)cc(Br)c1S(=O)(=O)Nc1ccc(F)cc1F. The third-order valence-corrected chi connectivity index (χ3v) is 5.31. The van der Waals surface area contributed by atoms with Crippen LogP contribution in [0.1, 0.15) is 0 Å². The highest BCUT2D eigenvalue weighted by atomic mass is 79.9. The van der Waals surface area contributed by atoms with Crippen LogP contribution in [0, 0.1) is 11.6 Å². The zero-order chi connectivity index (χ0) is 15.8. The molecule has 0 aliphatic heterocycles. The number of rotatable bonds is 3. The van der Waals surface area contributed by atoms with Crippen LogP contribution >= 0.6 is 31.9 Å². The van der Waals surface area contributed by atoms with Crippen LogP contribution in [0.15, 0.2) is 44.2 Å². The highest BCUT2D eigenvalue weighted by Crippen LogP contribution is 2.33. The predicted octanol–water partition coefficient (Wildman–Crippen LogP) is 3.87. The van der Waals surface area contributed by atoms with Gasteiger partial charge in [0, 0.05) is 15.0 Å². The second-order valence-electron chi connectivity index (χ2n) is 4.04. The number of anilines is 2. The minimum atomic E-state index is -4.13. The van der Waals surface area contributed by atoms with Crippen molar-refractivity contribution in [2.45, 2.75) is 4.90 Å².